The molecule has 1 heterocycles. The van der Waals surface area contributed by atoms with Crippen molar-refractivity contribution in [3.05, 3.63) is 30.1 Å². The van der Waals surface area contributed by atoms with E-state index in [4.69, 9.17) is 5.73 Å². The number of aromatic nitrogens is 1. The van der Waals surface area contributed by atoms with Crippen LogP contribution in [0.5, 0.6) is 0 Å². The molecule has 0 aliphatic carbocycles. The number of pyridine rings is 1. The molecule has 0 aromatic carbocycles. The Kier molecular flexibility index (Phi) is 7.03. The smallest absolute Gasteiger partial charge is 0.220 e. The number of carbonyl (C=O) groups is 1. The Bertz CT molecular complexity index is 340. The number of nitrogens with one attached hydrogen (secondary N) is 1. The molecule has 0 saturated carbocycles. The molecule has 18 heavy (non-hydrogen) atoms. The van der Waals surface area contributed by atoms with Crippen LogP contribution < -0.4 is 11.1 Å². The first-order chi connectivity index (χ1) is 8.74. The summed E-state index contributed by atoms with van der Waals surface area (Å²) in [5.41, 5.74) is 6.50. The van der Waals surface area contributed by atoms with E-state index in [-0.39, 0.29) is 11.9 Å². The maximum atomic E-state index is 11.7. The third kappa shape index (κ3) is 5.77. The molecule has 4 nitrogen and oxygen atoms in total. The lowest BCUT2D eigenvalue weighted by Crippen LogP contribution is -2.26. The molecule has 100 valence electrons. The summed E-state index contributed by atoms with van der Waals surface area (Å²) >= 11 is 0. The van der Waals surface area contributed by atoms with E-state index in [1.54, 1.807) is 12.4 Å². The van der Waals surface area contributed by atoms with Crippen molar-refractivity contribution in [2.75, 3.05) is 6.54 Å². The monoisotopic (exact) mass is 249 g/mol. The fraction of sp³-hybridized carbons (Fsp3) is 0.571. The Hall–Kier alpha value is -1.42. The number of unbranched alkanes of at least 4 members (excludes halogenated alkanes) is 3. The Balaban J connectivity index is 2.20. The molecule has 0 aliphatic heterocycles. The van der Waals surface area contributed by atoms with E-state index in [0.717, 1.165) is 37.8 Å². The second-order valence-electron chi connectivity index (χ2n) is 4.52. The van der Waals surface area contributed by atoms with Gasteiger partial charge in [0, 0.05) is 18.8 Å². The van der Waals surface area contributed by atoms with Crippen LogP contribution in [0.1, 0.15) is 50.6 Å². The first-order valence-electron chi connectivity index (χ1n) is 6.63. The zero-order valence-electron chi connectivity index (χ0n) is 11.1. The largest absolute Gasteiger partial charge is 0.350 e. The van der Waals surface area contributed by atoms with Crippen molar-refractivity contribution in [3.63, 3.8) is 0 Å². The Labute approximate surface area is 109 Å². The van der Waals surface area contributed by atoms with Crippen LogP contribution in [0.15, 0.2) is 24.5 Å². The van der Waals surface area contributed by atoms with Crippen LogP contribution in [0, 0.1) is 0 Å². The lowest BCUT2D eigenvalue weighted by Gasteiger charge is -2.13. The summed E-state index contributed by atoms with van der Waals surface area (Å²) in [7, 11) is 0. The van der Waals surface area contributed by atoms with Crippen LogP contribution in [-0.4, -0.2) is 17.4 Å². The lowest BCUT2D eigenvalue weighted by atomic mass is 10.1. The molecule has 0 saturated heterocycles. The molecule has 3 N–H and O–H groups in total. The highest BCUT2D eigenvalue weighted by molar-refractivity contribution is 5.76. The zero-order valence-corrected chi connectivity index (χ0v) is 11.1. The van der Waals surface area contributed by atoms with Gasteiger partial charge in [0.25, 0.3) is 0 Å². The molecule has 0 spiro atoms. The average molecular weight is 249 g/mol. The van der Waals surface area contributed by atoms with Gasteiger partial charge >= 0.3 is 0 Å². The SMILES string of the molecule is C[C@@H](NC(=O)CCCCCCN)c1ccncc1. The van der Waals surface area contributed by atoms with Crippen LogP contribution >= 0.6 is 0 Å². The number of nitrogens with two attached hydrogens (primary N) is 1. The van der Waals surface area contributed by atoms with E-state index in [9.17, 15) is 4.79 Å². The minimum absolute atomic E-state index is 0.0459. The van der Waals surface area contributed by atoms with Gasteiger partial charge in [-0.05, 0) is 44.0 Å². The predicted molar refractivity (Wildman–Crippen MR) is 72.9 cm³/mol. The van der Waals surface area contributed by atoms with Crippen molar-refractivity contribution in [3.8, 4) is 0 Å². The molecule has 4 heteroatoms. The maximum absolute atomic E-state index is 11.7. The van der Waals surface area contributed by atoms with Gasteiger partial charge in [-0.2, -0.15) is 0 Å². The fourth-order valence-electron chi connectivity index (χ4n) is 1.83. The molecule has 0 unspecified atom stereocenters. The van der Waals surface area contributed by atoms with Crippen LogP contribution in [0.2, 0.25) is 0 Å². The summed E-state index contributed by atoms with van der Waals surface area (Å²) in [6, 6.07) is 3.89. The third-order valence-corrected chi connectivity index (χ3v) is 2.94. The highest BCUT2D eigenvalue weighted by Gasteiger charge is 2.08. The standard InChI is InChI=1S/C14H23N3O/c1-12(13-7-10-16-11-8-13)17-14(18)6-4-2-3-5-9-15/h7-8,10-12H,2-6,9,15H2,1H3,(H,17,18)/t12-/m1/s1. The number of hydrogen-bond donors (Lipinski definition) is 2. The van der Waals surface area contributed by atoms with Gasteiger partial charge in [0.1, 0.15) is 0 Å². The first kappa shape index (κ1) is 14.6. The number of hydrogen-bond acceptors (Lipinski definition) is 3. The van der Waals surface area contributed by atoms with E-state index in [2.05, 4.69) is 10.3 Å². The quantitative estimate of drug-likeness (QED) is 0.694. The minimum Gasteiger partial charge on any atom is -0.350 e. The second-order valence-corrected chi connectivity index (χ2v) is 4.52. The van der Waals surface area contributed by atoms with Gasteiger partial charge in [0.05, 0.1) is 6.04 Å². The molecule has 0 fully saturated rings. The first-order valence-corrected chi connectivity index (χ1v) is 6.63. The van der Waals surface area contributed by atoms with E-state index in [1.807, 2.05) is 19.1 Å². The van der Waals surface area contributed by atoms with Crippen molar-refractivity contribution in [2.24, 2.45) is 5.73 Å². The van der Waals surface area contributed by atoms with Crippen molar-refractivity contribution in [1.29, 1.82) is 0 Å². The second kappa shape index (κ2) is 8.64. The predicted octanol–water partition coefficient (Wildman–Crippen LogP) is 2.17. The fourth-order valence-corrected chi connectivity index (χ4v) is 1.83. The van der Waals surface area contributed by atoms with E-state index >= 15 is 0 Å². The molecule has 1 atom stereocenters. The van der Waals surface area contributed by atoms with Crippen LogP contribution in [0.25, 0.3) is 0 Å². The van der Waals surface area contributed by atoms with Gasteiger partial charge < -0.3 is 11.1 Å². The van der Waals surface area contributed by atoms with E-state index in [1.165, 1.54) is 0 Å². The highest BCUT2D eigenvalue weighted by atomic mass is 16.1. The molecule has 0 bridgehead atoms. The van der Waals surface area contributed by atoms with Crippen molar-refractivity contribution in [1.82, 2.24) is 10.3 Å². The van der Waals surface area contributed by atoms with Gasteiger partial charge in [-0.15, -0.1) is 0 Å². The van der Waals surface area contributed by atoms with Crippen molar-refractivity contribution >= 4 is 5.91 Å². The zero-order chi connectivity index (χ0) is 13.2. The Morgan fingerprint density at radius 1 is 1.28 bits per heavy atom. The molecule has 1 rings (SSSR count). The Morgan fingerprint density at radius 3 is 2.61 bits per heavy atom. The molecule has 0 aliphatic rings. The minimum atomic E-state index is 0.0459. The topological polar surface area (TPSA) is 68.0 Å². The lowest BCUT2D eigenvalue weighted by molar-refractivity contribution is -0.121. The Morgan fingerprint density at radius 2 is 1.94 bits per heavy atom. The summed E-state index contributed by atoms with van der Waals surface area (Å²) in [5, 5.41) is 3.00. The van der Waals surface area contributed by atoms with E-state index in [0.29, 0.717) is 6.42 Å². The molecule has 0 radical (unpaired) electrons. The normalized spacial score (nSPS) is 12.1. The number of nitrogens with zero attached hydrogens (tertiary/aromatic N) is 1. The molecule has 1 amide bonds. The summed E-state index contributed by atoms with van der Waals surface area (Å²) < 4.78 is 0. The third-order valence-electron chi connectivity index (χ3n) is 2.94. The van der Waals surface area contributed by atoms with Crippen molar-refractivity contribution < 1.29 is 4.79 Å². The van der Waals surface area contributed by atoms with Gasteiger partial charge in [0.2, 0.25) is 5.91 Å². The van der Waals surface area contributed by atoms with Crippen molar-refractivity contribution in [2.45, 2.75) is 45.1 Å². The van der Waals surface area contributed by atoms with Crippen LogP contribution in [0.4, 0.5) is 0 Å². The van der Waals surface area contributed by atoms with Gasteiger partial charge in [-0.25, -0.2) is 0 Å². The summed E-state index contributed by atoms with van der Waals surface area (Å²) in [4.78, 5) is 15.7. The molecule has 1 aromatic heterocycles. The summed E-state index contributed by atoms with van der Waals surface area (Å²) in [5.74, 6) is 0.118. The van der Waals surface area contributed by atoms with E-state index < -0.39 is 0 Å². The maximum Gasteiger partial charge on any atom is 0.220 e. The number of rotatable bonds is 8. The highest BCUT2D eigenvalue weighted by Crippen LogP contribution is 2.11. The van der Waals surface area contributed by atoms with Crippen LogP contribution in [-0.2, 0) is 4.79 Å². The van der Waals surface area contributed by atoms with Gasteiger partial charge in [0.15, 0.2) is 0 Å². The number of carbonyl (C=O) groups excluding carboxylic acids is 1. The van der Waals surface area contributed by atoms with Gasteiger partial charge in [-0.3, -0.25) is 9.78 Å². The summed E-state index contributed by atoms with van der Waals surface area (Å²) in [6.45, 7) is 2.73. The van der Waals surface area contributed by atoms with Crippen LogP contribution in [0.3, 0.4) is 0 Å². The molecular weight excluding hydrogens is 226 g/mol. The molecular formula is C14H23N3O. The molecule has 1 aromatic rings. The summed E-state index contributed by atoms with van der Waals surface area (Å²) in [6.07, 6.45) is 8.26. The number of amides is 1. The van der Waals surface area contributed by atoms with Gasteiger partial charge in [-0.1, -0.05) is 12.8 Å². The average Bonchev–Trinajstić information content (AvgIpc) is 2.39.